The molecule has 0 saturated carbocycles. The minimum absolute atomic E-state index is 0.0623. The highest BCUT2D eigenvalue weighted by atomic mass is 79.9. The van der Waals surface area contributed by atoms with E-state index in [9.17, 15) is 4.79 Å². The van der Waals surface area contributed by atoms with Crippen molar-refractivity contribution >= 4 is 33.2 Å². The van der Waals surface area contributed by atoms with Crippen molar-refractivity contribution < 1.29 is 4.79 Å². The Balaban J connectivity index is 2.11. The van der Waals surface area contributed by atoms with Crippen LogP contribution in [0.1, 0.15) is 16.7 Å². The van der Waals surface area contributed by atoms with Gasteiger partial charge in [0.15, 0.2) is 0 Å². The zero-order chi connectivity index (χ0) is 14.7. The number of halogens is 1. The number of nitrogen functional groups attached to an aromatic ring is 1. The van der Waals surface area contributed by atoms with Crippen LogP contribution in [0.5, 0.6) is 0 Å². The Hall–Kier alpha value is -1.81. The van der Waals surface area contributed by atoms with Gasteiger partial charge in [-0.15, -0.1) is 0 Å². The number of anilines is 2. The predicted octanol–water partition coefficient (Wildman–Crippen LogP) is 3.83. The number of amides is 1. The quantitative estimate of drug-likeness (QED) is 0.839. The predicted molar refractivity (Wildman–Crippen MR) is 86.8 cm³/mol. The van der Waals surface area contributed by atoms with Crippen LogP contribution in [0.3, 0.4) is 0 Å². The summed E-state index contributed by atoms with van der Waals surface area (Å²) in [7, 11) is 0. The Kier molecular flexibility index (Phi) is 4.45. The highest BCUT2D eigenvalue weighted by Gasteiger charge is 2.08. The molecule has 0 unspecified atom stereocenters. The first kappa shape index (κ1) is 14.6. The lowest BCUT2D eigenvalue weighted by Crippen LogP contribution is -2.16. The van der Waals surface area contributed by atoms with Gasteiger partial charge in [-0.25, -0.2) is 0 Å². The van der Waals surface area contributed by atoms with E-state index in [4.69, 9.17) is 5.73 Å². The second-order valence-electron chi connectivity index (χ2n) is 4.89. The highest BCUT2D eigenvalue weighted by Crippen LogP contribution is 2.23. The Morgan fingerprint density at radius 1 is 1.20 bits per heavy atom. The molecule has 20 heavy (non-hydrogen) atoms. The minimum atomic E-state index is -0.0623. The van der Waals surface area contributed by atoms with Crippen molar-refractivity contribution in [1.82, 2.24) is 0 Å². The molecule has 0 aliphatic rings. The molecule has 104 valence electrons. The number of hydrogen-bond acceptors (Lipinski definition) is 2. The standard InChI is InChI=1S/C16H17BrN2O/c1-10-3-4-11(2)12(7-10)8-16(20)19-15-6-5-13(17)9-14(15)18/h3-7,9H,8,18H2,1-2H3,(H,19,20). The molecule has 3 nitrogen and oxygen atoms in total. The Labute approximate surface area is 127 Å². The van der Waals surface area contributed by atoms with Crippen molar-refractivity contribution in [1.29, 1.82) is 0 Å². The van der Waals surface area contributed by atoms with Crippen LogP contribution in [0.4, 0.5) is 11.4 Å². The second-order valence-corrected chi connectivity index (χ2v) is 5.80. The third kappa shape index (κ3) is 3.61. The molecule has 0 aromatic heterocycles. The van der Waals surface area contributed by atoms with E-state index in [0.29, 0.717) is 17.8 Å². The molecule has 0 heterocycles. The Morgan fingerprint density at radius 2 is 1.95 bits per heavy atom. The molecule has 3 N–H and O–H groups in total. The lowest BCUT2D eigenvalue weighted by Gasteiger charge is -2.10. The van der Waals surface area contributed by atoms with Crippen LogP contribution < -0.4 is 11.1 Å². The van der Waals surface area contributed by atoms with Gasteiger partial charge in [-0.3, -0.25) is 4.79 Å². The minimum Gasteiger partial charge on any atom is -0.397 e. The smallest absolute Gasteiger partial charge is 0.228 e. The molecule has 0 saturated heterocycles. The summed E-state index contributed by atoms with van der Waals surface area (Å²) in [4.78, 5) is 12.1. The molecule has 0 spiro atoms. The van der Waals surface area contributed by atoms with Crippen molar-refractivity contribution in [3.8, 4) is 0 Å². The first-order valence-corrected chi connectivity index (χ1v) is 7.16. The van der Waals surface area contributed by atoms with E-state index in [-0.39, 0.29) is 5.91 Å². The van der Waals surface area contributed by atoms with Gasteiger partial charge in [0.2, 0.25) is 5.91 Å². The van der Waals surface area contributed by atoms with E-state index in [1.54, 1.807) is 12.1 Å². The van der Waals surface area contributed by atoms with Gasteiger partial charge in [0, 0.05) is 4.47 Å². The normalized spacial score (nSPS) is 10.3. The molecule has 0 bridgehead atoms. The topological polar surface area (TPSA) is 55.1 Å². The summed E-state index contributed by atoms with van der Waals surface area (Å²) in [5.74, 6) is -0.0623. The van der Waals surface area contributed by atoms with E-state index in [2.05, 4.69) is 21.2 Å². The molecule has 0 fully saturated rings. The molecule has 2 rings (SSSR count). The van der Waals surface area contributed by atoms with Gasteiger partial charge in [-0.05, 0) is 43.2 Å². The van der Waals surface area contributed by atoms with Crippen LogP contribution in [-0.4, -0.2) is 5.91 Å². The van der Waals surface area contributed by atoms with Gasteiger partial charge in [-0.1, -0.05) is 39.7 Å². The summed E-state index contributed by atoms with van der Waals surface area (Å²) in [6.45, 7) is 4.03. The van der Waals surface area contributed by atoms with Crippen LogP contribution in [-0.2, 0) is 11.2 Å². The first-order chi connectivity index (χ1) is 9.45. The van der Waals surface area contributed by atoms with Crippen LogP contribution in [0.2, 0.25) is 0 Å². The number of aryl methyl sites for hydroxylation is 2. The molecule has 0 atom stereocenters. The number of benzene rings is 2. The molecular weight excluding hydrogens is 316 g/mol. The zero-order valence-corrected chi connectivity index (χ0v) is 13.1. The third-order valence-electron chi connectivity index (χ3n) is 3.14. The Morgan fingerprint density at radius 3 is 2.65 bits per heavy atom. The van der Waals surface area contributed by atoms with E-state index in [1.165, 1.54) is 0 Å². The van der Waals surface area contributed by atoms with Crippen molar-refractivity contribution in [2.75, 3.05) is 11.1 Å². The van der Waals surface area contributed by atoms with Crippen LogP contribution >= 0.6 is 15.9 Å². The maximum Gasteiger partial charge on any atom is 0.228 e. The van der Waals surface area contributed by atoms with Crippen LogP contribution in [0.25, 0.3) is 0 Å². The van der Waals surface area contributed by atoms with Gasteiger partial charge < -0.3 is 11.1 Å². The molecular formula is C16H17BrN2O. The van der Waals surface area contributed by atoms with E-state index in [1.807, 2.05) is 38.1 Å². The molecule has 2 aromatic rings. The summed E-state index contributed by atoms with van der Waals surface area (Å²) in [5, 5.41) is 2.85. The number of carbonyl (C=O) groups is 1. The third-order valence-corrected chi connectivity index (χ3v) is 3.64. The lowest BCUT2D eigenvalue weighted by molar-refractivity contribution is -0.115. The maximum absolute atomic E-state index is 12.1. The number of rotatable bonds is 3. The van der Waals surface area contributed by atoms with Crippen molar-refractivity contribution in [2.24, 2.45) is 0 Å². The Bertz CT molecular complexity index is 653. The molecule has 0 aliphatic carbocycles. The van der Waals surface area contributed by atoms with E-state index >= 15 is 0 Å². The maximum atomic E-state index is 12.1. The average Bonchev–Trinajstić information content (AvgIpc) is 2.37. The van der Waals surface area contributed by atoms with E-state index in [0.717, 1.165) is 21.2 Å². The van der Waals surface area contributed by atoms with Gasteiger partial charge in [0.25, 0.3) is 0 Å². The molecule has 2 aromatic carbocycles. The monoisotopic (exact) mass is 332 g/mol. The van der Waals surface area contributed by atoms with Crippen LogP contribution in [0, 0.1) is 13.8 Å². The van der Waals surface area contributed by atoms with E-state index < -0.39 is 0 Å². The lowest BCUT2D eigenvalue weighted by atomic mass is 10.0. The van der Waals surface area contributed by atoms with Crippen molar-refractivity contribution in [2.45, 2.75) is 20.3 Å². The largest absolute Gasteiger partial charge is 0.397 e. The molecule has 0 aliphatic heterocycles. The van der Waals surface area contributed by atoms with Gasteiger partial charge in [0.1, 0.15) is 0 Å². The number of nitrogens with one attached hydrogen (secondary N) is 1. The summed E-state index contributed by atoms with van der Waals surface area (Å²) in [5.41, 5.74) is 10.4. The number of hydrogen-bond donors (Lipinski definition) is 2. The SMILES string of the molecule is Cc1ccc(C)c(CC(=O)Nc2ccc(Br)cc2N)c1. The van der Waals surface area contributed by atoms with Crippen LogP contribution in [0.15, 0.2) is 40.9 Å². The first-order valence-electron chi connectivity index (χ1n) is 6.36. The molecule has 1 amide bonds. The fourth-order valence-corrected chi connectivity index (χ4v) is 2.38. The second kappa shape index (κ2) is 6.09. The average molecular weight is 333 g/mol. The number of carbonyl (C=O) groups excluding carboxylic acids is 1. The number of nitrogens with two attached hydrogens (primary N) is 1. The fourth-order valence-electron chi connectivity index (χ4n) is 2.01. The summed E-state index contributed by atoms with van der Waals surface area (Å²) < 4.78 is 0.891. The molecule has 4 heteroatoms. The zero-order valence-electron chi connectivity index (χ0n) is 11.5. The summed E-state index contributed by atoms with van der Waals surface area (Å²) in [6, 6.07) is 11.5. The van der Waals surface area contributed by atoms with Gasteiger partial charge >= 0.3 is 0 Å². The van der Waals surface area contributed by atoms with Crippen molar-refractivity contribution in [3.63, 3.8) is 0 Å². The fraction of sp³-hybridized carbons (Fsp3) is 0.188. The van der Waals surface area contributed by atoms with Crippen molar-refractivity contribution in [3.05, 3.63) is 57.6 Å². The van der Waals surface area contributed by atoms with Gasteiger partial charge in [-0.2, -0.15) is 0 Å². The van der Waals surface area contributed by atoms with Gasteiger partial charge in [0.05, 0.1) is 17.8 Å². The summed E-state index contributed by atoms with van der Waals surface area (Å²) >= 11 is 3.34. The summed E-state index contributed by atoms with van der Waals surface area (Å²) in [6.07, 6.45) is 0.350. The highest BCUT2D eigenvalue weighted by molar-refractivity contribution is 9.10. The molecule has 0 radical (unpaired) electrons.